The fraction of sp³-hybridized carbons (Fsp3) is 0.263. The highest BCUT2D eigenvalue weighted by Crippen LogP contribution is 2.46. The van der Waals surface area contributed by atoms with Gasteiger partial charge in [0.1, 0.15) is 0 Å². The molecule has 0 bridgehead atoms. The van der Waals surface area contributed by atoms with Crippen molar-refractivity contribution in [2.45, 2.75) is 12.8 Å². The van der Waals surface area contributed by atoms with Crippen molar-refractivity contribution in [2.75, 3.05) is 18.5 Å². The van der Waals surface area contributed by atoms with Crippen LogP contribution in [0.1, 0.15) is 11.1 Å². The van der Waals surface area contributed by atoms with Crippen LogP contribution in [0, 0.1) is 0 Å². The molecule has 21 heavy (non-hydrogen) atoms. The van der Waals surface area contributed by atoms with Crippen LogP contribution in [0.4, 0.5) is 0 Å². The van der Waals surface area contributed by atoms with Crippen LogP contribution in [0.2, 0.25) is 0 Å². The zero-order valence-electron chi connectivity index (χ0n) is 12.4. The molecule has 0 nitrogen and oxygen atoms in total. The summed E-state index contributed by atoms with van der Waals surface area (Å²) < 4.78 is 0. The van der Waals surface area contributed by atoms with E-state index in [-0.39, 0.29) is 0 Å². The van der Waals surface area contributed by atoms with E-state index in [9.17, 15) is 0 Å². The summed E-state index contributed by atoms with van der Waals surface area (Å²) in [4.78, 5) is 0. The van der Waals surface area contributed by atoms with E-state index in [0.717, 1.165) is 31.3 Å². The van der Waals surface area contributed by atoms with Gasteiger partial charge in [-0.15, -0.1) is 6.58 Å². The van der Waals surface area contributed by atoms with E-state index in [4.69, 9.17) is 11.8 Å². The van der Waals surface area contributed by atoms with Crippen LogP contribution in [0.15, 0.2) is 73.3 Å². The fourth-order valence-corrected chi connectivity index (χ4v) is 5.74. The molecule has 0 fully saturated rings. The molecular formula is C19H23PS. The minimum Gasteiger partial charge on any atom is -0.103 e. The van der Waals surface area contributed by atoms with Crippen LogP contribution >= 0.6 is 6.04 Å². The van der Waals surface area contributed by atoms with E-state index in [1.54, 1.807) is 0 Å². The van der Waals surface area contributed by atoms with Crippen LogP contribution in [0.5, 0.6) is 0 Å². The highest BCUT2D eigenvalue weighted by molar-refractivity contribution is 8.14. The highest BCUT2D eigenvalue weighted by atomic mass is 32.4. The SMILES string of the molecule is C=CCP(=S)(CCc1ccccc1)CCc1ccccc1. The third-order valence-corrected chi connectivity index (χ3v) is 8.31. The minimum absolute atomic E-state index is 1.02. The summed E-state index contributed by atoms with van der Waals surface area (Å²) in [5.74, 6) is 0. The Hall–Kier alpha value is -1.17. The van der Waals surface area contributed by atoms with Gasteiger partial charge in [-0.25, -0.2) is 0 Å². The molecule has 0 saturated heterocycles. The number of hydrogen-bond donors (Lipinski definition) is 0. The predicted molar refractivity (Wildman–Crippen MR) is 99.4 cm³/mol. The average Bonchev–Trinajstić information content (AvgIpc) is 2.54. The van der Waals surface area contributed by atoms with Gasteiger partial charge < -0.3 is 0 Å². The first kappa shape index (κ1) is 16.2. The molecule has 0 atom stereocenters. The van der Waals surface area contributed by atoms with E-state index in [1.165, 1.54) is 11.1 Å². The second kappa shape index (κ2) is 8.32. The molecule has 0 aliphatic carbocycles. The Morgan fingerprint density at radius 3 is 1.62 bits per heavy atom. The first-order valence-electron chi connectivity index (χ1n) is 7.48. The average molecular weight is 314 g/mol. The normalized spacial score (nSPS) is 11.2. The van der Waals surface area contributed by atoms with E-state index in [0.29, 0.717) is 0 Å². The van der Waals surface area contributed by atoms with Crippen LogP contribution in [-0.2, 0) is 24.6 Å². The lowest BCUT2D eigenvalue weighted by Crippen LogP contribution is -2.04. The Balaban J connectivity index is 1.95. The summed E-state index contributed by atoms with van der Waals surface area (Å²) in [6.45, 7) is 3.92. The summed E-state index contributed by atoms with van der Waals surface area (Å²) in [5.41, 5.74) is 2.80. The van der Waals surface area contributed by atoms with Gasteiger partial charge in [-0.05, 0) is 48.5 Å². The van der Waals surface area contributed by atoms with Crippen LogP contribution in [0.25, 0.3) is 0 Å². The molecule has 110 valence electrons. The first-order chi connectivity index (χ1) is 10.2. The molecule has 0 N–H and O–H groups in total. The second-order valence-corrected chi connectivity index (χ2v) is 11.1. The molecule has 2 aromatic carbocycles. The molecule has 0 amide bonds. The number of hydrogen-bond acceptors (Lipinski definition) is 1. The summed E-state index contributed by atoms with van der Waals surface area (Å²) in [6.07, 6.45) is 7.52. The van der Waals surface area contributed by atoms with Crippen molar-refractivity contribution in [3.8, 4) is 0 Å². The van der Waals surface area contributed by atoms with Crippen molar-refractivity contribution in [3.05, 3.63) is 84.4 Å². The molecule has 0 saturated carbocycles. The van der Waals surface area contributed by atoms with Crippen molar-refractivity contribution < 1.29 is 0 Å². The Kier molecular flexibility index (Phi) is 6.42. The van der Waals surface area contributed by atoms with Crippen molar-refractivity contribution in [3.63, 3.8) is 0 Å². The zero-order chi connectivity index (χ0) is 15.0. The molecule has 0 unspecified atom stereocenters. The molecule has 0 spiro atoms. The highest BCUT2D eigenvalue weighted by Gasteiger charge is 2.15. The maximum absolute atomic E-state index is 6.04. The molecule has 0 aliphatic heterocycles. The van der Waals surface area contributed by atoms with Gasteiger partial charge in [0.2, 0.25) is 0 Å². The van der Waals surface area contributed by atoms with Gasteiger partial charge in [0, 0.05) is 0 Å². The van der Waals surface area contributed by atoms with Gasteiger partial charge in [0.05, 0.1) is 0 Å². The summed E-state index contributed by atoms with van der Waals surface area (Å²) in [5, 5.41) is 0. The molecular weight excluding hydrogens is 291 g/mol. The molecule has 0 radical (unpaired) electrons. The fourth-order valence-electron chi connectivity index (χ4n) is 2.48. The van der Waals surface area contributed by atoms with Gasteiger partial charge in [-0.3, -0.25) is 0 Å². The quantitative estimate of drug-likeness (QED) is 0.480. The number of aryl methyl sites for hydroxylation is 2. The maximum atomic E-state index is 6.04. The lowest BCUT2D eigenvalue weighted by molar-refractivity contribution is 1.10. The van der Waals surface area contributed by atoms with E-state index >= 15 is 0 Å². The van der Waals surface area contributed by atoms with Crippen molar-refractivity contribution in [1.29, 1.82) is 0 Å². The Labute approximate surface area is 133 Å². The van der Waals surface area contributed by atoms with Crippen molar-refractivity contribution >= 4 is 17.8 Å². The van der Waals surface area contributed by atoms with Gasteiger partial charge in [0.15, 0.2) is 0 Å². The summed E-state index contributed by atoms with van der Waals surface area (Å²) in [6, 6.07) is 20.0. The maximum Gasteiger partial charge on any atom is -0.00563 e. The lowest BCUT2D eigenvalue weighted by Gasteiger charge is -2.21. The standard InChI is InChI=1S/C19H23PS/c1-2-15-20(21,16-13-18-9-5-3-6-10-18)17-14-19-11-7-4-8-12-19/h2-12H,1,13-17H2. The third kappa shape index (κ3) is 5.61. The van der Waals surface area contributed by atoms with Gasteiger partial charge in [-0.1, -0.05) is 78.5 Å². The Bertz CT molecular complexity index is 542. The topological polar surface area (TPSA) is 0 Å². The van der Waals surface area contributed by atoms with Gasteiger partial charge in [0.25, 0.3) is 0 Å². The molecule has 0 aromatic heterocycles. The smallest absolute Gasteiger partial charge is 0.00563 e. The van der Waals surface area contributed by atoms with Gasteiger partial charge in [-0.2, -0.15) is 0 Å². The summed E-state index contributed by atoms with van der Waals surface area (Å²) >= 11 is 6.04. The van der Waals surface area contributed by atoms with Crippen LogP contribution < -0.4 is 0 Å². The Morgan fingerprint density at radius 2 is 1.24 bits per heavy atom. The van der Waals surface area contributed by atoms with E-state index < -0.39 is 6.04 Å². The zero-order valence-corrected chi connectivity index (χ0v) is 14.2. The van der Waals surface area contributed by atoms with E-state index in [2.05, 4.69) is 67.2 Å². The molecule has 2 heteroatoms. The second-order valence-electron chi connectivity index (χ2n) is 5.45. The predicted octanol–water partition coefficient (Wildman–Crippen LogP) is 5.14. The van der Waals surface area contributed by atoms with Crippen LogP contribution in [0.3, 0.4) is 0 Å². The monoisotopic (exact) mass is 314 g/mol. The molecule has 2 aromatic rings. The van der Waals surface area contributed by atoms with Crippen molar-refractivity contribution in [2.24, 2.45) is 0 Å². The number of benzene rings is 2. The largest absolute Gasteiger partial charge is 0.103 e. The number of allylic oxidation sites excluding steroid dienone is 1. The third-order valence-electron chi connectivity index (χ3n) is 3.76. The minimum atomic E-state index is -1.33. The molecule has 0 heterocycles. The van der Waals surface area contributed by atoms with E-state index in [1.807, 2.05) is 6.08 Å². The molecule has 2 rings (SSSR count). The number of rotatable bonds is 8. The Morgan fingerprint density at radius 1 is 0.810 bits per heavy atom. The summed E-state index contributed by atoms with van der Waals surface area (Å²) in [7, 11) is 0. The van der Waals surface area contributed by atoms with Gasteiger partial charge >= 0.3 is 0 Å². The first-order valence-corrected chi connectivity index (χ1v) is 10.8. The lowest BCUT2D eigenvalue weighted by atomic mass is 10.2. The van der Waals surface area contributed by atoms with Crippen molar-refractivity contribution in [1.82, 2.24) is 0 Å². The molecule has 0 aliphatic rings. The van der Waals surface area contributed by atoms with Crippen LogP contribution in [-0.4, -0.2) is 18.5 Å².